The highest BCUT2D eigenvalue weighted by Gasteiger charge is 2.06. The molecule has 2 aromatic carbocycles. The molecule has 1 N–H and O–H groups in total. The molecule has 138 valence electrons. The Morgan fingerprint density at radius 2 is 1.93 bits per heavy atom. The first-order chi connectivity index (χ1) is 13.0. The molecular weight excluding hydrogens is 362 g/mol. The molecule has 5 nitrogen and oxygen atoms in total. The minimum absolute atomic E-state index is 0.00123. The molecule has 0 bridgehead atoms. The molecule has 0 spiro atoms. The van der Waals surface area contributed by atoms with E-state index in [1.54, 1.807) is 20.3 Å². The summed E-state index contributed by atoms with van der Waals surface area (Å²) in [6.07, 6.45) is 1.78. The van der Waals surface area contributed by atoms with Crippen molar-refractivity contribution >= 4 is 29.0 Å². The zero-order valence-corrected chi connectivity index (χ0v) is 15.9. The van der Waals surface area contributed by atoms with E-state index in [2.05, 4.69) is 10.3 Å². The van der Waals surface area contributed by atoms with Gasteiger partial charge in [-0.25, -0.2) is 4.98 Å². The second-order valence-corrected chi connectivity index (χ2v) is 6.55. The van der Waals surface area contributed by atoms with Crippen LogP contribution in [0.3, 0.4) is 0 Å². The molecule has 3 aromatic rings. The SMILES string of the molecule is CN(C)C(=O)COc1cccc(Nc2ccc(-c3ccccc3Cl)cn2)c1. The number of pyridine rings is 1. The largest absolute Gasteiger partial charge is 0.484 e. The van der Waals surface area contributed by atoms with Crippen molar-refractivity contribution < 1.29 is 9.53 Å². The molecule has 6 heteroatoms. The first kappa shape index (κ1) is 18.7. The molecule has 0 aliphatic rings. The van der Waals surface area contributed by atoms with Gasteiger partial charge in [0.2, 0.25) is 0 Å². The Labute approximate surface area is 163 Å². The highest BCUT2D eigenvalue weighted by Crippen LogP contribution is 2.28. The molecule has 0 aliphatic carbocycles. The van der Waals surface area contributed by atoms with Crippen LogP contribution < -0.4 is 10.1 Å². The van der Waals surface area contributed by atoms with Gasteiger partial charge >= 0.3 is 0 Å². The third-order valence-corrected chi connectivity index (χ3v) is 4.25. The third kappa shape index (κ3) is 4.99. The van der Waals surface area contributed by atoms with Crippen LogP contribution >= 0.6 is 11.6 Å². The fraction of sp³-hybridized carbons (Fsp3) is 0.143. The van der Waals surface area contributed by atoms with Crippen LogP contribution in [0.15, 0.2) is 66.9 Å². The third-order valence-electron chi connectivity index (χ3n) is 3.92. The van der Waals surface area contributed by atoms with E-state index in [1.165, 1.54) is 4.90 Å². The molecule has 1 heterocycles. The Bertz CT molecular complexity index is 927. The summed E-state index contributed by atoms with van der Waals surface area (Å²) in [6, 6.07) is 18.9. The summed E-state index contributed by atoms with van der Waals surface area (Å²) in [5, 5.41) is 3.92. The van der Waals surface area contributed by atoms with Crippen LogP contribution in [0.4, 0.5) is 11.5 Å². The van der Waals surface area contributed by atoms with E-state index in [4.69, 9.17) is 16.3 Å². The average molecular weight is 382 g/mol. The number of aromatic nitrogens is 1. The maximum atomic E-state index is 11.6. The first-order valence-corrected chi connectivity index (χ1v) is 8.82. The summed E-state index contributed by atoms with van der Waals surface area (Å²) in [5.74, 6) is 1.22. The molecule has 0 atom stereocenters. The van der Waals surface area contributed by atoms with Crippen molar-refractivity contribution in [1.29, 1.82) is 0 Å². The zero-order valence-electron chi connectivity index (χ0n) is 15.1. The van der Waals surface area contributed by atoms with Crippen molar-refractivity contribution in [3.8, 4) is 16.9 Å². The quantitative estimate of drug-likeness (QED) is 0.677. The number of anilines is 2. The van der Waals surface area contributed by atoms with Gasteiger partial charge in [0.25, 0.3) is 5.91 Å². The summed E-state index contributed by atoms with van der Waals surface area (Å²) in [4.78, 5) is 17.6. The summed E-state index contributed by atoms with van der Waals surface area (Å²) in [6.45, 7) is 0.00123. The van der Waals surface area contributed by atoms with Crippen molar-refractivity contribution in [2.45, 2.75) is 0 Å². The fourth-order valence-corrected chi connectivity index (χ4v) is 2.65. The Hall–Kier alpha value is -3.05. The number of carbonyl (C=O) groups excluding carboxylic acids is 1. The van der Waals surface area contributed by atoms with Crippen molar-refractivity contribution in [1.82, 2.24) is 9.88 Å². The van der Waals surface area contributed by atoms with Gasteiger partial charge in [-0.15, -0.1) is 0 Å². The normalized spacial score (nSPS) is 10.3. The van der Waals surface area contributed by atoms with E-state index in [9.17, 15) is 4.79 Å². The smallest absolute Gasteiger partial charge is 0.259 e. The van der Waals surface area contributed by atoms with E-state index in [1.807, 2.05) is 60.7 Å². The van der Waals surface area contributed by atoms with E-state index in [-0.39, 0.29) is 12.5 Å². The molecule has 0 unspecified atom stereocenters. The summed E-state index contributed by atoms with van der Waals surface area (Å²) >= 11 is 6.23. The van der Waals surface area contributed by atoms with E-state index in [0.717, 1.165) is 16.8 Å². The summed E-state index contributed by atoms with van der Waals surface area (Å²) in [7, 11) is 3.39. The number of amides is 1. The molecule has 27 heavy (non-hydrogen) atoms. The molecule has 1 amide bonds. The number of benzene rings is 2. The lowest BCUT2D eigenvalue weighted by Crippen LogP contribution is -2.27. The Balaban J connectivity index is 1.68. The Kier molecular flexibility index (Phi) is 5.94. The molecular formula is C21H20ClN3O2. The number of rotatable bonds is 6. The molecule has 0 saturated carbocycles. The number of hydrogen-bond acceptors (Lipinski definition) is 4. The second-order valence-electron chi connectivity index (χ2n) is 6.14. The van der Waals surface area contributed by atoms with Crippen molar-refractivity contribution in [3.05, 3.63) is 71.9 Å². The van der Waals surface area contributed by atoms with Crippen LogP contribution in [0.5, 0.6) is 5.75 Å². The minimum atomic E-state index is -0.0924. The van der Waals surface area contributed by atoms with Crippen LogP contribution in [0.25, 0.3) is 11.1 Å². The molecule has 1 aromatic heterocycles. The van der Waals surface area contributed by atoms with Crippen LogP contribution in [0.1, 0.15) is 0 Å². The number of hydrogen-bond donors (Lipinski definition) is 1. The Morgan fingerprint density at radius 1 is 1.11 bits per heavy atom. The van der Waals surface area contributed by atoms with Crippen molar-refractivity contribution in [2.75, 3.05) is 26.0 Å². The van der Waals surface area contributed by atoms with Gasteiger partial charge in [0.15, 0.2) is 6.61 Å². The molecule has 0 aliphatic heterocycles. The van der Waals surface area contributed by atoms with Crippen molar-refractivity contribution in [3.63, 3.8) is 0 Å². The van der Waals surface area contributed by atoms with Crippen LogP contribution in [-0.2, 0) is 4.79 Å². The topological polar surface area (TPSA) is 54.5 Å². The van der Waals surface area contributed by atoms with Gasteiger partial charge in [0, 0.05) is 48.2 Å². The van der Waals surface area contributed by atoms with Crippen LogP contribution in [-0.4, -0.2) is 36.5 Å². The maximum Gasteiger partial charge on any atom is 0.259 e. The van der Waals surface area contributed by atoms with Crippen LogP contribution in [0, 0.1) is 0 Å². The van der Waals surface area contributed by atoms with E-state index in [0.29, 0.717) is 16.6 Å². The molecule has 3 rings (SSSR count). The number of halogens is 1. The van der Waals surface area contributed by atoms with Gasteiger partial charge in [0.1, 0.15) is 11.6 Å². The van der Waals surface area contributed by atoms with Crippen molar-refractivity contribution in [2.24, 2.45) is 0 Å². The fourth-order valence-electron chi connectivity index (χ4n) is 2.41. The van der Waals surface area contributed by atoms with Crippen LogP contribution in [0.2, 0.25) is 5.02 Å². The molecule has 0 radical (unpaired) electrons. The predicted octanol–water partition coefficient (Wildman–Crippen LogP) is 4.61. The highest BCUT2D eigenvalue weighted by molar-refractivity contribution is 6.33. The molecule has 0 saturated heterocycles. The minimum Gasteiger partial charge on any atom is -0.484 e. The van der Waals surface area contributed by atoms with Gasteiger partial charge < -0.3 is 15.0 Å². The van der Waals surface area contributed by atoms with Gasteiger partial charge in [-0.2, -0.15) is 0 Å². The summed E-state index contributed by atoms with van der Waals surface area (Å²) in [5.41, 5.74) is 2.72. The van der Waals surface area contributed by atoms with Gasteiger partial charge in [-0.05, 0) is 30.3 Å². The van der Waals surface area contributed by atoms with Gasteiger partial charge in [0.05, 0.1) is 0 Å². The average Bonchev–Trinajstić information content (AvgIpc) is 2.67. The number of nitrogens with one attached hydrogen (secondary N) is 1. The second kappa shape index (κ2) is 8.56. The lowest BCUT2D eigenvalue weighted by atomic mass is 10.1. The number of nitrogens with zero attached hydrogens (tertiary/aromatic N) is 2. The summed E-state index contributed by atoms with van der Waals surface area (Å²) < 4.78 is 5.53. The lowest BCUT2D eigenvalue weighted by molar-refractivity contribution is -0.130. The molecule has 0 fully saturated rings. The standard InChI is InChI=1S/C21H20ClN3O2/c1-25(2)21(26)14-27-17-7-5-6-16(12-17)24-20-11-10-15(13-23-20)18-8-3-4-9-19(18)22/h3-13H,14H2,1-2H3,(H,23,24). The number of ether oxygens (including phenoxy) is 1. The maximum absolute atomic E-state index is 11.6. The highest BCUT2D eigenvalue weighted by atomic mass is 35.5. The Morgan fingerprint density at radius 3 is 2.63 bits per heavy atom. The number of carbonyl (C=O) groups is 1. The predicted molar refractivity (Wildman–Crippen MR) is 109 cm³/mol. The van der Waals surface area contributed by atoms with Gasteiger partial charge in [-0.3, -0.25) is 4.79 Å². The zero-order chi connectivity index (χ0) is 19.2. The van der Waals surface area contributed by atoms with E-state index < -0.39 is 0 Å². The lowest BCUT2D eigenvalue weighted by Gasteiger charge is -2.12. The monoisotopic (exact) mass is 381 g/mol. The number of likely N-dealkylation sites (N-methyl/N-ethyl adjacent to an activating group) is 1. The van der Waals surface area contributed by atoms with E-state index >= 15 is 0 Å². The first-order valence-electron chi connectivity index (χ1n) is 8.44. The van der Waals surface area contributed by atoms with Gasteiger partial charge in [-0.1, -0.05) is 35.9 Å².